The molecule has 1 aromatic heterocycles. The standard InChI is InChI=1S/C20H16F2N2O3/c1-27-20(26)11-2-3-17-15(8-11)16-10-24(5-4-18(16)23-17)19(25)12-6-13(21)9-14(22)7-12/h2-3,6-9,23H,4-5,10H2,1H3. The number of nitrogens with one attached hydrogen (secondary N) is 1. The number of hydrogen-bond acceptors (Lipinski definition) is 3. The van der Waals surface area contributed by atoms with Crippen molar-refractivity contribution in [2.45, 2.75) is 13.0 Å². The summed E-state index contributed by atoms with van der Waals surface area (Å²) in [6.45, 7) is 0.720. The number of rotatable bonds is 2. The molecular formula is C20H16F2N2O3. The minimum absolute atomic E-state index is 0.0222. The van der Waals surface area contributed by atoms with Gasteiger partial charge in [-0.15, -0.1) is 0 Å². The van der Waals surface area contributed by atoms with Crippen molar-refractivity contribution in [3.05, 3.63) is 70.4 Å². The lowest BCUT2D eigenvalue weighted by molar-refractivity contribution is 0.0600. The SMILES string of the molecule is COC(=O)c1ccc2[nH]c3c(c2c1)CN(C(=O)c1cc(F)cc(F)c1)CC3. The summed E-state index contributed by atoms with van der Waals surface area (Å²) in [4.78, 5) is 29.4. The molecular weight excluding hydrogens is 354 g/mol. The van der Waals surface area contributed by atoms with Crippen molar-refractivity contribution in [2.75, 3.05) is 13.7 Å². The van der Waals surface area contributed by atoms with Gasteiger partial charge < -0.3 is 14.6 Å². The molecule has 2 aromatic carbocycles. The van der Waals surface area contributed by atoms with E-state index in [1.165, 1.54) is 7.11 Å². The second-order valence-corrected chi connectivity index (χ2v) is 6.47. The van der Waals surface area contributed by atoms with Gasteiger partial charge in [-0.25, -0.2) is 13.6 Å². The molecule has 5 nitrogen and oxygen atoms in total. The van der Waals surface area contributed by atoms with E-state index in [2.05, 4.69) is 4.98 Å². The number of esters is 1. The average molecular weight is 370 g/mol. The summed E-state index contributed by atoms with van der Waals surface area (Å²) < 4.78 is 31.7. The maximum Gasteiger partial charge on any atom is 0.337 e. The summed E-state index contributed by atoms with van der Waals surface area (Å²) in [6, 6.07) is 8.00. The Morgan fingerprint density at radius 3 is 2.52 bits per heavy atom. The molecule has 0 bridgehead atoms. The number of fused-ring (bicyclic) bond motifs is 3. The normalized spacial score (nSPS) is 13.5. The lowest BCUT2D eigenvalue weighted by Crippen LogP contribution is -2.35. The Kier molecular flexibility index (Phi) is 4.14. The van der Waals surface area contributed by atoms with Crippen LogP contribution >= 0.6 is 0 Å². The third-order valence-electron chi connectivity index (χ3n) is 4.79. The van der Waals surface area contributed by atoms with E-state index in [0.29, 0.717) is 18.5 Å². The first-order valence-corrected chi connectivity index (χ1v) is 8.43. The Morgan fingerprint density at radius 1 is 1.07 bits per heavy atom. The number of H-pyrrole nitrogens is 1. The van der Waals surface area contributed by atoms with Crippen LogP contribution in [0, 0.1) is 11.6 Å². The van der Waals surface area contributed by atoms with E-state index in [4.69, 9.17) is 4.74 Å². The molecule has 0 spiro atoms. The Bertz CT molecular complexity index is 1050. The molecule has 7 heteroatoms. The largest absolute Gasteiger partial charge is 0.465 e. The Morgan fingerprint density at radius 2 is 1.81 bits per heavy atom. The van der Waals surface area contributed by atoms with Gasteiger partial charge in [-0.3, -0.25) is 4.79 Å². The van der Waals surface area contributed by atoms with E-state index in [9.17, 15) is 18.4 Å². The van der Waals surface area contributed by atoms with Crippen LogP contribution in [0.4, 0.5) is 8.78 Å². The number of hydrogen-bond donors (Lipinski definition) is 1. The molecule has 0 radical (unpaired) electrons. The molecule has 4 rings (SSSR count). The molecule has 3 aromatic rings. The van der Waals surface area contributed by atoms with E-state index >= 15 is 0 Å². The van der Waals surface area contributed by atoms with Gasteiger partial charge in [-0.2, -0.15) is 0 Å². The summed E-state index contributed by atoms with van der Waals surface area (Å²) in [5.74, 6) is -2.44. The second-order valence-electron chi connectivity index (χ2n) is 6.47. The summed E-state index contributed by atoms with van der Waals surface area (Å²) in [5, 5.41) is 0.829. The molecule has 138 valence electrons. The van der Waals surface area contributed by atoms with Gasteiger partial charge in [-0.05, 0) is 30.3 Å². The van der Waals surface area contributed by atoms with Gasteiger partial charge in [0, 0.05) is 53.3 Å². The Hall–Kier alpha value is -3.22. The number of aromatic nitrogens is 1. The maximum absolute atomic E-state index is 13.4. The van der Waals surface area contributed by atoms with Crippen LogP contribution in [0.2, 0.25) is 0 Å². The summed E-state index contributed by atoms with van der Waals surface area (Å²) in [7, 11) is 1.32. The number of halogens is 2. The number of nitrogens with zero attached hydrogens (tertiary/aromatic N) is 1. The zero-order valence-electron chi connectivity index (χ0n) is 14.5. The van der Waals surface area contributed by atoms with Crippen LogP contribution in [0.1, 0.15) is 32.0 Å². The molecule has 0 fully saturated rings. The number of carbonyl (C=O) groups excluding carboxylic acids is 2. The maximum atomic E-state index is 13.4. The van der Waals surface area contributed by atoms with E-state index in [0.717, 1.165) is 40.4 Å². The number of methoxy groups -OCH3 is 1. The molecule has 0 aliphatic carbocycles. The fraction of sp³-hybridized carbons (Fsp3) is 0.200. The van der Waals surface area contributed by atoms with Crippen molar-refractivity contribution in [2.24, 2.45) is 0 Å². The first-order chi connectivity index (χ1) is 13.0. The highest BCUT2D eigenvalue weighted by atomic mass is 19.1. The van der Waals surface area contributed by atoms with Crippen LogP contribution in [-0.2, 0) is 17.7 Å². The van der Waals surface area contributed by atoms with Crippen LogP contribution in [0.5, 0.6) is 0 Å². The minimum Gasteiger partial charge on any atom is -0.465 e. The number of benzene rings is 2. The van der Waals surface area contributed by atoms with Crippen molar-refractivity contribution in [3.63, 3.8) is 0 Å². The van der Waals surface area contributed by atoms with E-state index in [1.54, 1.807) is 23.1 Å². The first-order valence-electron chi connectivity index (χ1n) is 8.43. The van der Waals surface area contributed by atoms with Crippen molar-refractivity contribution >= 4 is 22.8 Å². The van der Waals surface area contributed by atoms with Gasteiger partial charge in [-0.1, -0.05) is 0 Å². The average Bonchev–Trinajstić information content (AvgIpc) is 3.03. The van der Waals surface area contributed by atoms with Crippen molar-refractivity contribution in [1.82, 2.24) is 9.88 Å². The quantitative estimate of drug-likeness (QED) is 0.703. The summed E-state index contributed by atoms with van der Waals surface area (Å²) in [6.07, 6.45) is 0.584. The van der Waals surface area contributed by atoms with Crippen LogP contribution in [0.15, 0.2) is 36.4 Å². The fourth-order valence-corrected chi connectivity index (χ4v) is 3.49. The molecule has 1 amide bonds. The van der Waals surface area contributed by atoms with Crippen molar-refractivity contribution in [3.8, 4) is 0 Å². The van der Waals surface area contributed by atoms with Crippen LogP contribution in [-0.4, -0.2) is 35.4 Å². The zero-order valence-corrected chi connectivity index (χ0v) is 14.5. The molecule has 0 unspecified atom stereocenters. The number of amides is 1. The van der Waals surface area contributed by atoms with Crippen LogP contribution in [0.3, 0.4) is 0 Å². The number of aromatic amines is 1. The topological polar surface area (TPSA) is 62.4 Å². The van der Waals surface area contributed by atoms with Crippen LogP contribution in [0.25, 0.3) is 10.9 Å². The van der Waals surface area contributed by atoms with Gasteiger partial charge in [0.2, 0.25) is 0 Å². The van der Waals surface area contributed by atoms with Crippen LogP contribution < -0.4 is 0 Å². The molecule has 1 aliphatic heterocycles. The van der Waals surface area contributed by atoms with E-state index in [-0.39, 0.29) is 12.1 Å². The highest BCUT2D eigenvalue weighted by Gasteiger charge is 2.26. The molecule has 0 saturated heterocycles. The highest BCUT2D eigenvalue weighted by Crippen LogP contribution is 2.29. The lowest BCUT2D eigenvalue weighted by atomic mass is 10.0. The van der Waals surface area contributed by atoms with Gasteiger partial charge >= 0.3 is 5.97 Å². The van der Waals surface area contributed by atoms with Crippen molar-refractivity contribution in [1.29, 1.82) is 0 Å². The van der Waals surface area contributed by atoms with Gasteiger partial charge in [0.25, 0.3) is 5.91 Å². The Balaban J connectivity index is 1.69. The minimum atomic E-state index is -0.786. The third-order valence-corrected chi connectivity index (χ3v) is 4.79. The predicted molar refractivity (Wildman–Crippen MR) is 94.4 cm³/mol. The van der Waals surface area contributed by atoms with Gasteiger partial charge in [0.15, 0.2) is 0 Å². The second kappa shape index (κ2) is 6.50. The first kappa shape index (κ1) is 17.2. The van der Waals surface area contributed by atoms with E-state index < -0.39 is 23.5 Å². The van der Waals surface area contributed by atoms with E-state index in [1.807, 2.05) is 0 Å². The fourth-order valence-electron chi connectivity index (χ4n) is 3.49. The Labute approximate surface area is 153 Å². The highest BCUT2D eigenvalue weighted by molar-refractivity contribution is 5.97. The molecule has 1 aliphatic rings. The monoisotopic (exact) mass is 370 g/mol. The summed E-state index contributed by atoms with van der Waals surface area (Å²) >= 11 is 0. The number of ether oxygens (including phenoxy) is 1. The molecule has 0 saturated carbocycles. The lowest BCUT2D eigenvalue weighted by Gasteiger charge is -2.27. The van der Waals surface area contributed by atoms with Gasteiger partial charge in [0.05, 0.1) is 12.7 Å². The predicted octanol–water partition coefficient (Wildman–Crippen LogP) is 3.43. The molecule has 27 heavy (non-hydrogen) atoms. The zero-order chi connectivity index (χ0) is 19.1. The molecule has 2 heterocycles. The van der Waals surface area contributed by atoms with Crippen molar-refractivity contribution < 1.29 is 23.1 Å². The molecule has 0 atom stereocenters. The third kappa shape index (κ3) is 3.05. The smallest absolute Gasteiger partial charge is 0.337 e. The number of carbonyl (C=O) groups is 2. The summed E-state index contributed by atoms with van der Waals surface area (Å²) in [5.41, 5.74) is 3.14. The molecule has 1 N–H and O–H groups in total. The van der Waals surface area contributed by atoms with Gasteiger partial charge in [0.1, 0.15) is 11.6 Å².